The van der Waals surface area contributed by atoms with E-state index in [1.54, 1.807) is 6.07 Å². The van der Waals surface area contributed by atoms with Crippen LogP contribution in [-0.2, 0) is 0 Å². The molecule has 2 nitrogen and oxygen atoms in total. The molecular formula is C18H27FN2. The van der Waals surface area contributed by atoms with Crippen molar-refractivity contribution in [2.45, 2.75) is 45.6 Å². The molecule has 2 aliphatic rings. The highest BCUT2D eigenvalue weighted by Crippen LogP contribution is 2.48. The fourth-order valence-corrected chi connectivity index (χ4v) is 4.43. The highest BCUT2D eigenvalue weighted by atomic mass is 19.1. The molecule has 0 aliphatic heterocycles. The van der Waals surface area contributed by atoms with Gasteiger partial charge in [-0.3, -0.25) is 0 Å². The monoisotopic (exact) mass is 290 g/mol. The summed E-state index contributed by atoms with van der Waals surface area (Å²) in [5.74, 6) is 2.54. The summed E-state index contributed by atoms with van der Waals surface area (Å²) in [5, 5.41) is 0. The molecule has 2 saturated carbocycles. The van der Waals surface area contributed by atoms with Crippen LogP contribution in [0.2, 0.25) is 0 Å². The number of fused-ring (bicyclic) bond motifs is 2. The van der Waals surface area contributed by atoms with Gasteiger partial charge in [0.15, 0.2) is 0 Å². The lowest BCUT2D eigenvalue weighted by Gasteiger charge is -2.31. The van der Waals surface area contributed by atoms with Crippen molar-refractivity contribution in [1.29, 1.82) is 0 Å². The van der Waals surface area contributed by atoms with Crippen LogP contribution in [0.5, 0.6) is 0 Å². The number of halogens is 1. The summed E-state index contributed by atoms with van der Waals surface area (Å²) < 4.78 is 13.8. The molecule has 3 heteroatoms. The topological polar surface area (TPSA) is 29.3 Å². The van der Waals surface area contributed by atoms with E-state index in [4.69, 9.17) is 5.73 Å². The maximum absolute atomic E-state index is 13.8. The summed E-state index contributed by atoms with van der Waals surface area (Å²) in [6.07, 6.45) is 5.65. The first-order valence-corrected chi connectivity index (χ1v) is 8.22. The van der Waals surface area contributed by atoms with Crippen LogP contribution in [0, 0.1) is 30.5 Å². The number of nitrogens with zero attached hydrogens (tertiary/aromatic N) is 1. The standard InChI is InChI=1S/C18H27FN2/c1-11-6-18(16(12(2)20)9-17(11)19)21(3)10-15-8-13-4-5-14(15)7-13/h6,9,12-15H,4-5,7-8,10,20H2,1-3H3/t12-,13?,14?,15?/m0/s1. The molecule has 0 spiro atoms. The number of hydrogen-bond acceptors (Lipinski definition) is 2. The van der Waals surface area contributed by atoms with E-state index < -0.39 is 0 Å². The zero-order valence-electron chi connectivity index (χ0n) is 13.4. The van der Waals surface area contributed by atoms with Gasteiger partial charge in [-0.05, 0) is 74.1 Å². The molecule has 1 aromatic rings. The Balaban J connectivity index is 1.80. The summed E-state index contributed by atoms with van der Waals surface area (Å²) in [5.41, 5.74) is 8.77. The second-order valence-corrected chi connectivity index (χ2v) is 7.26. The van der Waals surface area contributed by atoms with Gasteiger partial charge in [-0.1, -0.05) is 6.42 Å². The molecule has 1 aromatic carbocycles. The zero-order chi connectivity index (χ0) is 15.1. The zero-order valence-corrected chi connectivity index (χ0v) is 13.4. The van der Waals surface area contributed by atoms with Crippen molar-refractivity contribution < 1.29 is 4.39 Å². The molecule has 2 N–H and O–H groups in total. The lowest BCUT2D eigenvalue weighted by Crippen LogP contribution is -2.30. The number of aryl methyl sites for hydroxylation is 1. The van der Waals surface area contributed by atoms with Gasteiger partial charge in [0.05, 0.1) is 0 Å². The van der Waals surface area contributed by atoms with Crippen LogP contribution in [0.4, 0.5) is 10.1 Å². The summed E-state index contributed by atoms with van der Waals surface area (Å²) in [4.78, 5) is 2.30. The molecule has 0 heterocycles. The largest absolute Gasteiger partial charge is 0.374 e. The maximum Gasteiger partial charge on any atom is 0.126 e. The van der Waals surface area contributed by atoms with Crippen molar-refractivity contribution in [3.05, 3.63) is 29.1 Å². The highest BCUT2D eigenvalue weighted by molar-refractivity contribution is 5.56. The Hall–Kier alpha value is -1.09. The number of anilines is 1. The fourth-order valence-electron chi connectivity index (χ4n) is 4.43. The van der Waals surface area contributed by atoms with Crippen molar-refractivity contribution >= 4 is 5.69 Å². The van der Waals surface area contributed by atoms with Gasteiger partial charge in [0, 0.05) is 25.3 Å². The van der Waals surface area contributed by atoms with Crippen LogP contribution < -0.4 is 10.6 Å². The van der Waals surface area contributed by atoms with Crippen molar-refractivity contribution in [3.63, 3.8) is 0 Å². The average Bonchev–Trinajstić information content (AvgIpc) is 3.03. The lowest BCUT2D eigenvalue weighted by molar-refractivity contribution is 0.337. The third-order valence-electron chi connectivity index (χ3n) is 5.60. The summed E-state index contributed by atoms with van der Waals surface area (Å²) in [6.45, 7) is 4.83. The van der Waals surface area contributed by atoms with E-state index >= 15 is 0 Å². The molecule has 2 bridgehead atoms. The predicted octanol–water partition coefficient (Wildman–Crippen LogP) is 4.03. The molecule has 2 fully saturated rings. The van der Waals surface area contributed by atoms with Gasteiger partial charge >= 0.3 is 0 Å². The number of nitrogens with two attached hydrogens (primary N) is 1. The molecule has 0 saturated heterocycles. The minimum Gasteiger partial charge on any atom is -0.374 e. The van der Waals surface area contributed by atoms with Gasteiger partial charge in [0.1, 0.15) is 5.82 Å². The van der Waals surface area contributed by atoms with E-state index in [0.717, 1.165) is 35.5 Å². The molecule has 0 amide bonds. The van der Waals surface area contributed by atoms with Crippen LogP contribution in [0.15, 0.2) is 12.1 Å². The van der Waals surface area contributed by atoms with Crippen LogP contribution in [0.1, 0.15) is 49.8 Å². The quantitative estimate of drug-likeness (QED) is 0.907. The maximum atomic E-state index is 13.8. The van der Waals surface area contributed by atoms with Crippen LogP contribution in [-0.4, -0.2) is 13.6 Å². The van der Waals surface area contributed by atoms with Gasteiger partial charge in [-0.2, -0.15) is 0 Å². The van der Waals surface area contributed by atoms with E-state index in [1.165, 1.54) is 25.7 Å². The predicted molar refractivity (Wildman–Crippen MR) is 85.9 cm³/mol. The first-order chi connectivity index (χ1) is 9.95. The first-order valence-electron chi connectivity index (χ1n) is 8.22. The minimum atomic E-state index is -0.153. The molecular weight excluding hydrogens is 263 g/mol. The van der Waals surface area contributed by atoms with Gasteiger partial charge in [-0.15, -0.1) is 0 Å². The third-order valence-corrected chi connectivity index (χ3v) is 5.60. The second-order valence-electron chi connectivity index (χ2n) is 7.26. The molecule has 0 radical (unpaired) electrons. The third kappa shape index (κ3) is 2.80. The lowest BCUT2D eigenvalue weighted by atomic mass is 9.88. The number of hydrogen-bond donors (Lipinski definition) is 1. The summed E-state index contributed by atoms with van der Waals surface area (Å²) in [7, 11) is 2.13. The van der Waals surface area contributed by atoms with Crippen molar-refractivity contribution in [1.82, 2.24) is 0 Å². The van der Waals surface area contributed by atoms with E-state index in [2.05, 4.69) is 11.9 Å². The molecule has 21 heavy (non-hydrogen) atoms. The molecule has 4 atom stereocenters. The smallest absolute Gasteiger partial charge is 0.126 e. The van der Waals surface area contributed by atoms with E-state index in [1.807, 2.05) is 19.9 Å². The van der Waals surface area contributed by atoms with Crippen molar-refractivity contribution in [2.75, 3.05) is 18.5 Å². The SMILES string of the molecule is Cc1cc(N(C)CC2CC3CCC2C3)c([C@H](C)N)cc1F. The second kappa shape index (κ2) is 5.60. The fraction of sp³-hybridized carbons (Fsp3) is 0.667. The molecule has 3 unspecified atom stereocenters. The summed E-state index contributed by atoms with van der Waals surface area (Å²) in [6, 6.07) is 3.44. The van der Waals surface area contributed by atoms with Crippen LogP contribution >= 0.6 is 0 Å². The number of rotatable bonds is 4. The summed E-state index contributed by atoms with van der Waals surface area (Å²) >= 11 is 0. The first kappa shape index (κ1) is 14.8. The molecule has 3 rings (SSSR count). The van der Waals surface area contributed by atoms with E-state index in [9.17, 15) is 4.39 Å². The number of benzene rings is 1. The Labute approximate surface area is 127 Å². The van der Waals surface area contributed by atoms with E-state index in [0.29, 0.717) is 5.56 Å². The minimum absolute atomic E-state index is 0.141. The Bertz CT molecular complexity index is 526. The van der Waals surface area contributed by atoms with Gasteiger partial charge in [-0.25, -0.2) is 4.39 Å². The van der Waals surface area contributed by atoms with Crippen molar-refractivity contribution in [3.8, 4) is 0 Å². The highest BCUT2D eigenvalue weighted by Gasteiger charge is 2.39. The van der Waals surface area contributed by atoms with Crippen LogP contribution in [0.25, 0.3) is 0 Å². The molecule has 116 valence electrons. The Morgan fingerprint density at radius 1 is 1.33 bits per heavy atom. The van der Waals surface area contributed by atoms with E-state index in [-0.39, 0.29) is 11.9 Å². The Morgan fingerprint density at radius 3 is 2.67 bits per heavy atom. The normalized spacial score (nSPS) is 28.9. The molecule has 0 aromatic heterocycles. The Kier molecular flexibility index (Phi) is 3.96. The van der Waals surface area contributed by atoms with Gasteiger partial charge in [0.2, 0.25) is 0 Å². The van der Waals surface area contributed by atoms with Crippen LogP contribution in [0.3, 0.4) is 0 Å². The van der Waals surface area contributed by atoms with Gasteiger partial charge < -0.3 is 10.6 Å². The Morgan fingerprint density at radius 2 is 2.10 bits per heavy atom. The van der Waals surface area contributed by atoms with Gasteiger partial charge in [0.25, 0.3) is 0 Å². The average molecular weight is 290 g/mol. The molecule has 2 aliphatic carbocycles. The van der Waals surface area contributed by atoms with Crippen molar-refractivity contribution in [2.24, 2.45) is 23.5 Å².